The molecule has 0 aromatic rings. The van der Waals surface area contributed by atoms with Gasteiger partial charge in [0.1, 0.15) is 6.04 Å². The highest BCUT2D eigenvalue weighted by Gasteiger charge is 2.18. The summed E-state index contributed by atoms with van der Waals surface area (Å²) in [6, 6.07) is -0.529. The maximum Gasteiger partial charge on any atom is 0.242 e. The lowest BCUT2D eigenvalue weighted by Crippen LogP contribution is -2.48. The number of hydrogen-bond donors (Lipinski definition) is 3. The first-order valence-electron chi connectivity index (χ1n) is 5.74. The Balaban J connectivity index is 3.94. The molecule has 0 aromatic carbocycles. The van der Waals surface area contributed by atoms with Crippen LogP contribution in [0.5, 0.6) is 0 Å². The molecule has 0 aromatic heterocycles. The summed E-state index contributed by atoms with van der Waals surface area (Å²) in [7, 11) is 3.35. The molecule has 17 heavy (non-hydrogen) atoms. The van der Waals surface area contributed by atoms with Crippen LogP contribution in [0, 0.1) is 5.92 Å². The Morgan fingerprint density at radius 1 is 1.24 bits per heavy atom. The van der Waals surface area contributed by atoms with Crippen LogP contribution in [0.2, 0.25) is 0 Å². The molecule has 0 aliphatic heterocycles. The van der Waals surface area contributed by atoms with Crippen LogP contribution in [0.15, 0.2) is 0 Å². The largest absolute Gasteiger partial charge is 0.383 e. The van der Waals surface area contributed by atoms with Crippen LogP contribution in [0.3, 0.4) is 0 Å². The molecule has 0 spiro atoms. The third kappa shape index (κ3) is 6.91. The van der Waals surface area contributed by atoms with E-state index in [1.165, 1.54) is 0 Å². The monoisotopic (exact) mass is 245 g/mol. The van der Waals surface area contributed by atoms with Gasteiger partial charge in [0.15, 0.2) is 0 Å². The lowest BCUT2D eigenvalue weighted by molar-refractivity contribution is -0.130. The quantitative estimate of drug-likeness (QED) is 0.485. The van der Waals surface area contributed by atoms with Crippen molar-refractivity contribution >= 4 is 11.8 Å². The van der Waals surface area contributed by atoms with Crippen LogP contribution in [0.25, 0.3) is 0 Å². The van der Waals surface area contributed by atoms with Gasteiger partial charge in [-0.2, -0.15) is 0 Å². The number of nitrogens with one attached hydrogen (secondary N) is 3. The van der Waals surface area contributed by atoms with Gasteiger partial charge in [-0.1, -0.05) is 6.92 Å². The molecular weight excluding hydrogens is 222 g/mol. The topological polar surface area (TPSA) is 79.5 Å². The van der Waals surface area contributed by atoms with Crippen LogP contribution in [0.1, 0.15) is 13.8 Å². The van der Waals surface area contributed by atoms with Gasteiger partial charge in [-0.05, 0) is 14.0 Å². The summed E-state index contributed by atoms with van der Waals surface area (Å²) in [5.74, 6) is -0.491. The molecule has 2 amide bonds. The summed E-state index contributed by atoms with van der Waals surface area (Å²) in [5, 5.41) is 8.24. The molecule has 0 heterocycles. The third-order valence-corrected chi connectivity index (χ3v) is 2.32. The molecule has 2 atom stereocenters. The second-order valence-corrected chi connectivity index (χ2v) is 3.97. The number of carbonyl (C=O) groups excluding carboxylic acids is 2. The third-order valence-electron chi connectivity index (χ3n) is 2.32. The predicted octanol–water partition coefficient (Wildman–Crippen LogP) is -0.891. The lowest BCUT2D eigenvalue weighted by Gasteiger charge is -2.17. The minimum absolute atomic E-state index is 0.131. The molecule has 0 saturated heterocycles. The van der Waals surface area contributed by atoms with Gasteiger partial charge in [0.2, 0.25) is 11.8 Å². The number of hydrogen-bond acceptors (Lipinski definition) is 4. The Kier molecular flexibility index (Phi) is 8.35. The van der Waals surface area contributed by atoms with Gasteiger partial charge in [0.25, 0.3) is 0 Å². The summed E-state index contributed by atoms with van der Waals surface area (Å²) < 4.78 is 4.81. The van der Waals surface area contributed by atoms with E-state index < -0.39 is 6.04 Å². The SMILES string of the molecule is CNCC(C)C(=O)NC(C)C(=O)NCCOC. The fraction of sp³-hybridized carbons (Fsp3) is 0.818. The normalized spacial score (nSPS) is 13.9. The molecule has 3 N–H and O–H groups in total. The Morgan fingerprint density at radius 2 is 1.88 bits per heavy atom. The first-order chi connectivity index (χ1) is 8.02. The maximum absolute atomic E-state index is 11.6. The van der Waals surface area contributed by atoms with E-state index in [0.717, 1.165) is 0 Å². The molecule has 0 saturated carbocycles. The van der Waals surface area contributed by atoms with E-state index in [9.17, 15) is 9.59 Å². The second-order valence-electron chi connectivity index (χ2n) is 3.97. The lowest BCUT2D eigenvalue weighted by atomic mass is 10.1. The van der Waals surface area contributed by atoms with E-state index in [1.54, 1.807) is 28.0 Å². The average molecular weight is 245 g/mol. The average Bonchev–Trinajstić information content (AvgIpc) is 2.29. The van der Waals surface area contributed by atoms with Gasteiger partial charge < -0.3 is 20.7 Å². The summed E-state index contributed by atoms with van der Waals surface area (Å²) >= 11 is 0. The van der Waals surface area contributed by atoms with Crippen LogP contribution < -0.4 is 16.0 Å². The van der Waals surface area contributed by atoms with Crippen molar-refractivity contribution in [1.82, 2.24) is 16.0 Å². The zero-order chi connectivity index (χ0) is 13.3. The Labute approximate surface area is 102 Å². The first kappa shape index (κ1) is 15.9. The van der Waals surface area contributed by atoms with Crippen molar-refractivity contribution in [3.8, 4) is 0 Å². The smallest absolute Gasteiger partial charge is 0.242 e. The van der Waals surface area contributed by atoms with Gasteiger partial charge in [-0.3, -0.25) is 9.59 Å². The molecule has 6 heteroatoms. The first-order valence-corrected chi connectivity index (χ1v) is 5.74. The Bertz CT molecular complexity index is 246. The van der Waals surface area contributed by atoms with Crippen molar-refractivity contribution in [2.75, 3.05) is 33.9 Å². The minimum atomic E-state index is -0.529. The Morgan fingerprint density at radius 3 is 2.41 bits per heavy atom. The standard InChI is InChI=1S/C11H23N3O3/c1-8(7-12-3)10(15)14-9(2)11(16)13-5-6-17-4/h8-9,12H,5-7H2,1-4H3,(H,13,16)(H,14,15). The minimum Gasteiger partial charge on any atom is -0.383 e. The van der Waals surface area contributed by atoms with Crippen LogP contribution >= 0.6 is 0 Å². The highest BCUT2D eigenvalue weighted by molar-refractivity contribution is 5.88. The van der Waals surface area contributed by atoms with Crippen LogP contribution in [0.4, 0.5) is 0 Å². The number of methoxy groups -OCH3 is 1. The highest BCUT2D eigenvalue weighted by atomic mass is 16.5. The highest BCUT2D eigenvalue weighted by Crippen LogP contribution is 1.94. The molecule has 6 nitrogen and oxygen atoms in total. The van der Waals surface area contributed by atoms with Gasteiger partial charge in [0.05, 0.1) is 6.61 Å². The van der Waals surface area contributed by atoms with Gasteiger partial charge in [-0.25, -0.2) is 0 Å². The van der Waals surface area contributed by atoms with Gasteiger partial charge in [-0.15, -0.1) is 0 Å². The van der Waals surface area contributed by atoms with Gasteiger partial charge >= 0.3 is 0 Å². The van der Waals surface area contributed by atoms with Crippen molar-refractivity contribution in [3.63, 3.8) is 0 Å². The van der Waals surface area contributed by atoms with E-state index in [0.29, 0.717) is 19.7 Å². The van der Waals surface area contributed by atoms with Crippen molar-refractivity contribution < 1.29 is 14.3 Å². The molecule has 0 aliphatic rings. The van der Waals surface area contributed by atoms with Crippen molar-refractivity contribution in [3.05, 3.63) is 0 Å². The number of carbonyl (C=O) groups is 2. The summed E-state index contributed by atoms with van der Waals surface area (Å²) in [4.78, 5) is 23.2. The molecule has 2 unspecified atom stereocenters. The van der Waals surface area contributed by atoms with Crippen LogP contribution in [-0.2, 0) is 14.3 Å². The summed E-state index contributed by atoms with van der Waals surface area (Å²) in [6.07, 6.45) is 0. The molecular formula is C11H23N3O3. The summed E-state index contributed by atoms with van der Waals surface area (Å²) in [5.41, 5.74) is 0. The molecule has 100 valence electrons. The van der Waals surface area contributed by atoms with Crippen molar-refractivity contribution in [2.45, 2.75) is 19.9 Å². The second kappa shape index (κ2) is 8.95. The predicted molar refractivity (Wildman–Crippen MR) is 65.6 cm³/mol. The molecule has 0 fully saturated rings. The van der Waals surface area contributed by atoms with Gasteiger partial charge in [0, 0.05) is 26.1 Å². The van der Waals surface area contributed by atoms with E-state index >= 15 is 0 Å². The molecule has 0 radical (unpaired) electrons. The fourth-order valence-electron chi connectivity index (χ4n) is 1.25. The van der Waals surface area contributed by atoms with Crippen molar-refractivity contribution in [1.29, 1.82) is 0 Å². The zero-order valence-electron chi connectivity index (χ0n) is 11.0. The van der Waals surface area contributed by atoms with E-state index in [4.69, 9.17) is 4.74 Å². The zero-order valence-corrected chi connectivity index (χ0v) is 11.0. The van der Waals surface area contributed by atoms with E-state index in [1.807, 2.05) is 0 Å². The van der Waals surface area contributed by atoms with Crippen molar-refractivity contribution in [2.24, 2.45) is 5.92 Å². The molecule has 0 bridgehead atoms. The maximum atomic E-state index is 11.6. The van der Waals surface area contributed by atoms with E-state index in [-0.39, 0.29) is 17.7 Å². The number of amides is 2. The Hall–Kier alpha value is -1.14. The number of rotatable bonds is 8. The summed E-state index contributed by atoms with van der Waals surface area (Å²) in [6.45, 7) is 4.96. The van der Waals surface area contributed by atoms with E-state index in [2.05, 4.69) is 16.0 Å². The number of ether oxygens (including phenoxy) is 1. The molecule has 0 aliphatic carbocycles. The fourth-order valence-corrected chi connectivity index (χ4v) is 1.25. The molecule has 0 rings (SSSR count). The van der Waals surface area contributed by atoms with Crippen LogP contribution in [-0.4, -0.2) is 51.7 Å².